The minimum Gasteiger partial charge on any atom is -0.463 e. The molecular weight excluding hydrogens is 215 g/mol. The number of hydrogen-bond donors (Lipinski definition) is 2. The van der Waals surface area contributed by atoms with Crippen LogP contribution in [0, 0.1) is 0 Å². The summed E-state index contributed by atoms with van der Waals surface area (Å²) in [5.74, 6) is -0.439. The van der Waals surface area contributed by atoms with Gasteiger partial charge >= 0.3 is 5.97 Å². The van der Waals surface area contributed by atoms with Gasteiger partial charge < -0.3 is 10.1 Å². The molecule has 0 amide bonds. The highest BCUT2D eigenvalue weighted by Gasteiger charge is 2.25. The van der Waals surface area contributed by atoms with Gasteiger partial charge in [0.1, 0.15) is 5.50 Å². The van der Waals surface area contributed by atoms with E-state index in [1.807, 2.05) is 0 Å². The molecule has 2 N–H and O–H groups in total. The van der Waals surface area contributed by atoms with Gasteiger partial charge in [0.15, 0.2) is 5.62 Å². The van der Waals surface area contributed by atoms with E-state index in [9.17, 15) is 4.79 Å². The van der Waals surface area contributed by atoms with Gasteiger partial charge in [-0.2, -0.15) is 0 Å². The van der Waals surface area contributed by atoms with E-state index < -0.39 is 17.1 Å². The highest BCUT2D eigenvalue weighted by molar-refractivity contribution is 6.26. The second-order valence-electron chi connectivity index (χ2n) is 2.38. The van der Waals surface area contributed by atoms with Crippen LogP contribution in [0.15, 0.2) is 11.8 Å². The number of carbonyl (C=O) groups is 1. The number of nitrogens with one attached hydrogen (secondary N) is 2. The molecule has 0 saturated heterocycles. The van der Waals surface area contributed by atoms with Gasteiger partial charge in [0.05, 0.1) is 12.2 Å². The molecule has 0 aromatic carbocycles. The summed E-state index contributed by atoms with van der Waals surface area (Å²) >= 11 is 11.5. The van der Waals surface area contributed by atoms with E-state index in [2.05, 4.69) is 10.6 Å². The van der Waals surface area contributed by atoms with Gasteiger partial charge in [-0.05, 0) is 6.92 Å². The zero-order valence-electron chi connectivity index (χ0n) is 7.01. The molecule has 0 aliphatic carbocycles. The van der Waals surface area contributed by atoms with Gasteiger partial charge in [-0.1, -0.05) is 11.6 Å². The first-order chi connectivity index (χ1) is 6.15. The van der Waals surface area contributed by atoms with E-state index >= 15 is 0 Å². The fraction of sp³-hybridized carbons (Fsp3) is 0.571. The molecule has 13 heavy (non-hydrogen) atoms. The smallest absolute Gasteiger partial charge is 0.338 e. The predicted molar refractivity (Wildman–Crippen MR) is 50.3 cm³/mol. The molecule has 0 fully saturated rings. The predicted octanol–water partition coefficient (Wildman–Crippen LogP) is 0.713. The summed E-state index contributed by atoms with van der Waals surface area (Å²) < 4.78 is 4.77. The Kier molecular flexibility index (Phi) is 3.84. The molecule has 1 aliphatic heterocycles. The topological polar surface area (TPSA) is 50.4 Å². The fourth-order valence-corrected chi connectivity index (χ4v) is 1.41. The van der Waals surface area contributed by atoms with E-state index in [1.54, 1.807) is 6.92 Å². The SMILES string of the molecule is CCOC(=O)C1=CNC(Cl)NC1Cl. The number of esters is 1. The highest BCUT2D eigenvalue weighted by Crippen LogP contribution is 2.13. The molecule has 74 valence electrons. The van der Waals surface area contributed by atoms with Crippen LogP contribution in [0.4, 0.5) is 0 Å². The maximum Gasteiger partial charge on any atom is 0.338 e. The molecular formula is C7H10Cl2N2O2. The lowest BCUT2D eigenvalue weighted by Crippen LogP contribution is -2.46. The summed E-state index contributed by atoms with van der Waals surface area (Å²) in [4.78, 5) is 11.2. The van der Waals surface area contributed by atoms with Crippen LogP contribution in [0.25, 0.3) is 0 Å². The van der Waals surface area contributed by atoms with Gasteiger partial charge in [-0.25, -0.2) is 4.79 Å². The molecule has 0 spiro atoms. The molecule has 0 radical (unpaired) electrons. The van der Waals surface area contributed by atoms with Crippen molar-refractivity contribution in [1.82, 2.24) is 10.6 Å². The minimum absolute atomic E-state index is 0.323. The number of carbonyl (C=O) groups excluding carboxylic acids is 1. The van der Waals surface area contributed by atoms with E-state index in [0.29, 0.717) is 12.2 Å². The van der Waals surface area contributed by atoms with Crippen molar-refractivity contribution in [3.05, 3.63) is 11.8 Å². The third-order valence-electron chi connectivity index (χ3n) is 1.46. The van der Waals surface area contributed by atoms with Gasteiger partial charge in [0.25, 0.3) is 0 Å². The van der Waals surface area contributed by atoms with E-state index in [4.69, 9.17) is 27.9 Å². The molecule has 0 bridgehead atoms. The Morgan fingerprint density at radius 2 is 2.38 bits per heavy atom. The van der Waals surface area contributed by atoms with E-state index in [0.717, 1.165) is 0 Å². The van der Waals surface area contributed by atoms with Gasteiger partial charge in [-0.3, -0.25) is 5.32 Å². The third kappa shape index (κ3) is 2.76. The highest BCUT2D eigenvalue weighted by atomic mass is 35.5. The molecule has 1 heterocycles. The Hall–Kier alpha value is -0.450. The fourth-order valence-electron chi connectivity index (χ4n) is 0.879. The van der Waals surface area contributed by atoms with Gasteiger partial charge in [0, 0.05) is 6.20 Å². The summed E-state index contributed by atoms with van der Waals surface area (Å²) in [6.45, 7) is 2.06. The Bertz CT molecular complexity index is 233. The zero-order chi connectivity index (χ0) is 9.84. The van der Waals surface area contributed by atoms with Crippen molar-refractivity contribution in [2.75, 3.05) is 6.61 Å². The van der Waals surface area contributed by atoms with Crippen molar-refractivity contribution in [2.24, 2.45) is 0 Å². The lowest BCUT2D eigenvalue weighted by molar-refractivity contribution is -0.138. The average molecular weight is 225 g/mol. The van der Waals surface area contributed by atoms with Gasteiger partial charge in [0.2, 0.25) is 0 Å². The first kappa shape index (κ1) is 10.6. The zero-order valence-corrected chi connectivity index (χ0v) is 8.52. The molecule has 1 rings (SSSR count). The summed E-state index contributed by atoms with van der Waals surface area (Å²) in [6.07, 6.45) is 1.46. The van der Waals surface area contributed by atoms with Crippen LogP contribution in [0.1, 0.15) is 6.92 Å². The van der Waals surface area contributed by atoms with Crippen molar-refractivity contribution in [2.45, 2.75) is 18.0 Å². The standard InChI is InChI=1S/C7H10Cl2N2O2/c1-2-13-6(12)4-3-10-7(9)11-5(4)8/h3,5,7,10-11H,2H2,1H3. The molecule has 4 nitrogen and oxygen atoms in total. The summed E-state index contributed by atoms with van der Waals surface area (Å²) in [5, 5.41) is 5.43. The first-order valence-corrected chi connectivity index (χ1v) is 4.70. The first-order valence-electron chi connectivity index (χ1n) is 3.82. The van der Waals surface area contributed by atoms with Crippen molar-refractivity contribution in [3.63, 3.8) is 0 Å². The molecule has 0 aromatic rings. The molecule has 1 aliphatic rings. The van der Waals surface area contributed by atoms with Crippen LogP contribution in [-0.2, 0) is 9.53 Å². The molecule has 0 saturated carbocycles. The van der Waals surface area contributed by atoms with Crippen LogP contribution in [0.2, 0.25) is 0 Å². The second kappa shape index (κ2) is 4.69. The summed E-state index contributed by atoms with van der Waals surface area (Å²) in [7, 11) is 0. The largest absolute Gasteiger partial charge is 0.463 e. The Balaban J connectivity index is 2.63. The van der Waals surface area contributed by atoms with E-state index in [-0.39, 0.29) is 0 Å². The lowest BCUT2D eigenvalue weighted by atomic mass is 10.2. The number of hydrogen-bond acceptors (Lipinski definition) is 4. The number of ether oxygens (including phenoxy) is 1. The number of rotatable bonds is 2. The monoisotopic (exact) mass is 224 g/mol. The normalized spacial score (nSPS) is 27.5. The maximum atomic E-state index is 11.2. The van der Waals surface area contributed by atoms with Crippen LogP contribution in [-0.4, -0.2) is 23.7 Å². The maximum absolute atomic E-state index is 11.2. The Labute approximate surface area is 86.2 Å². The quantitative estimate of drug-likeness (QED) is 0.413. The molecule has 6 heteroatoms. The average Bonchev–Trinajstić information content (AvgIpc) is 2.04. The van der Waals surface area contributed by atoms with Crippen LogP contribution < -0.4 is 10.6 Å². The van der Waals surface area contributed by atoms with Crippen molar-refractivity contribution >= 4 is 29.2 Å². The van der Waals surface area contributed by atoms with Crippen molar-refractivity contribution < 1.29 is 9.53 Å². The number of halogens is 2. The second-order valence-corrected chi connectivity index (χ2v) is 3.25. The van der Waals surface area contributed by atoms with Gasteiger partial charge in [-0.15, -0.1) is 11.6 Å². The Morgan fingerprint density at radius 1 is 1.69 bits per heavy atom. The van der Waals surface area contributed by atoms with Crippen LogP contribution in [0.5, 0.6) is 0 Å². The lowest BCUT2D eigenvalue weighted by Gasteiger charge is -2.23. The summed E-state index contributed by atoms with van der Waals surface area (Å²) in [6, 6.07) is 0. The molecule has 0 aromatic heterocycles. The minimum atomic E-state index is -0.609. The van der Waals surface area contributed by atoms with Crippen LogP contribution in [0.3, 0.4) is 0 Å². The third-order valence-corrected chi connectivity index (χ3v) is 2.08. The van der Waals surface area contributed by atoms with Crippen LogP contribution >= 0.6 is 23.2 Å². The van der Waals surface area contributed by atoms with E-state index in [1.165, 1.54) is 6.20 Å². The number of alkyl halides is 2. The van der Waals surface area contributed by atoms with Crippen molar-refractivity contribution in [3.8, 4) is 0 Å². The summed E-state index contributed by atoms with van der Waals surface area (Å²) in [5.41, 5.74) is -0.733. The Morgan fingerprint density at radius 3 is 2.92 bits per heavy atom. The molecule has 2 unspecified atom stereocenters. The molecule has 2 atom stereocenters. The van der Waals surface area contributed by atoms with Crippen molar-refractivity contribution in [1.29, 1.82) is 0 Å².